The Balaban J connectivity index is 2.30. The van der Waals surface area contributed by atoms with Gasteiger partial charge in [-0.15, -0.1) is 0 Å². The number of methoxy groups -OCH3 is 1. The summed E-state index contributed by atoms with van der Waals surface area (Å²) in [5, 5.41) is 16.6. The predicted octanol–water partition coefficient (Wildman–Crippen LogP) is 4.18. The molecule has 2 heterocycles. The highest BCUT2D eigenvalue weighted by Gasteiger charge is 2.42. The lowest BCUT2D eigenvalue weighted by Crippen LogP contribution is -2.21. The van der Waals surface area contributed by atoms with Crippen LogP contribution in [0.15, 0.2) is 28.9 Å². The Hall–Kier alpha value is -2.92. The highest BCUT2D eigenvalue weighted by molar-refractivity contribution is 6.33. The average Bonchev–Trinajstić information content (AvgIpc) is 3.23. The first kappa shape index (κ1) is 20.4. The van der Waals surface area contributed by atoms with Crippen molar-refractivity contribution in [1.29, 1.82) is 0 Å². The molecule has 3 aromatic rings. The van der Waals surface area contributed by atoms with E-state index in [1.165, 1.54) is 12.1 Å². The molecule has 3 rings (SSSR count). The van der Waals surface area contributed by atoms with Crippen LogP contribution in [0.5, 0.6) is 0 Å². The van der Waals surface area contributed by atoms with Crippen LogP contribution < -0.4 is 0 Å². The van der Waals surface area contributed by atoms with Crippen molar-refractivity contribution in [1.82, 2.24) is 14.9 Å². The van der Waals surface area contributed by atoms with E-state index in [0.29, 0.717) is 4.68 Å². The van der Waals surface area contributed by atoms with Crippen LogP contribution in [0.2, 0.25) is 5.02 Å². The third kappa shape index (κ3) is 3.90. The molecule has 0 aliphatic carbocycles. The monoisotopic (exact) mass is 448 g/mol. The third-order valence-corrected chi connectivity index (χ3v) is 4.33. The van der Waals surface area contributed by atoms with Gasteiger partial charge in [-0.3, -0.25) is 4.68 Å². The number of esters is 1. The SMILES string of the molecule is [2H]C(C)(O)Cn1ncc(-c2onc(-c3c(F)cccc3Cl)c2C(=O)OC)c1C(F)(F)F. The number of rotatable bonds is 5. The van der Waals surface area contributed by atoms with Gasteiger partial charge in [0.1, 0.15) is 17.1 Å². The number of benzene rings is 1. The smallest absolute Gasteiger partial charge is 0.433 e. The number of hydrogen-bond donors (Lipinski definition) is 1. The topological polar surface area (TPSA) is 90.4 Å². The molecule has 1 unspecified atom stereocenters. The van der Waals surface area contributed by atoms with Crippen LogP contribution in [-0.4, -0.2) is 39.2 Å². The zero-order valence-electron chi connectivity index (χ0n) is 16.4. The average molecular weight is 449 g/mol. The molecule has 0 aliphatic rings. The van der Waals surface area contributed by atoms with Crippen LogP contribution in [0, 0.1) is 5.82 Å². The molecule has 160 valence electrons. The first-order chi connectivity index (χ1) is 14.3. The van der Waals surface area contributed by atoms with Gasteiger partial charge < -0.3 is 14.4 Å². The van der Waals surface area contributed by atoms with Crippen molar-refractivity contribution in [3.8, 4) is 22.6 Å². The molecule has 1 N–H and O–H groups in total. The first-order valence-corrected chi connectivity index (χ1v) is 8.61. The van der Waals surface area contributed by atoms with Crippen LogP contribution in [0.1, 0.15) is 24.3 Å². The fourth-order valence-electron chi connectivity index (χ4n) is 2.85. The van der Waals surface area contributed by atoms with E-state index < -0.39 is 58.9 Å². The van der Waals surface area contributed by atoms with Crippen molar-refractivity contribution in [2.75, 3.05) is 7.11 Å². The summed E-state index contributed by atoms with van der Waals surface area (Å²) in [6.45, 7) is 0.136. The first-order valence-electron chi connectivity index (χ1n) is 8.73. The van der Waals surface area contributed by atoms with Crippen molar-refractivity contribution < 1.29 is 38.1 Å². The summed E-state index contributed by atoms with van der Waals surface area (Å²) in [7, 11) is 0.969. The van der Waals surface area contributed by atoms with Crippen molar-refractivity contribution in [3.05, 3.63) is 46.5 Å². The molecule has 12 heteroatoms. The summed E-state index contributed by atoms with van der Waals surface area (Å²) in [5.41, 5.74) is -3.55. The molecule has 0 amide bonds. The zero-order valence-corrected chi connectivity index (χ0v) is 16.2. The number of alkyl halides is 3. The summed E-state index contributed by atoms with van der Waals surface area (Å²) in [5.74, 6) is -2.74. The van der Waals surface area contributed by atoms with Crippen molar-refractivity contribution in [2.24, 2.45) is 0 Å². The predicted molar refractivity (Wildman–Crippen MR) is 96.2 cm³/mol. The lowest BCUT2D eigenvalue weighted by Gasteiger charge is -2.13. The van der Waals surface area contributed by atoms with Crippen molar-refractivity contribution >= 4 is 17.6 Å². The van der Waals surface area contributed by atoms with Gasteiger partial charge in [0.25, 0.3) is 0 Å². The Kier molecular flexibility index (Phi) is 5.48. The Bertz CT molecular complexity index is 1120. The minimum atomic E-state index is -5.02. The van der Waals surface area contributed by atoms with Gasteiger partial charge in [0.2, 0.25) is 0 Å². The number of carbonyl (C=O) groups is 1. The molecule has 0 bridgehead atoms. The van der Waals surface area contributed by atoms with Gasteiger partial charge in [-0.2, -0.15) is 18.3 Å². The maximum atomic E-state index is 14.4. The minimum absolute atomic E-state index is 0.165. The number of hydrogen-bond acceptors (Lipinski definition) is 6. The van der Waals surface area contributed by atoms with E-state index in [1.807, 2.05) is 0 Å². The molecule has 1 aromatic carbocycles. The summed E-state index contributed by atoms with van der Waals surface area (Å²) >= 11 is 6.00. The normalized spacial score (nSPS) is 14.3. The van der Waals surface area contributed by atoms with Crippen molar-refractivity contribution in [2.45, 2.75) is 25.7 Å². The fourth-order valence-corrected chi connectivity index (χ4v) is 3.10. The van der Waals surface area contributed by atoms with Crippen LogP contribution in [0.4, 0.5) is 17.6 Å². The van der Waals surface area contributed by atoms with Gasteiger partial charge in [0.15, 0.2) is 11.5 Å². The van der Waals surface area contributed by atoms with E-state index in [4.69, 9.17) is 17.5 Å². The van der Waals surface area contributed by atoms with E-state index >= 15 is 0 Å². The summed E-state index contributed by atoms with van der Waals surface area (Å²) in [4.78, 5) is 12.4. The molecule has 0 saturated heterocycles. The van der Waals surface area contributed by atoms with Crippen LogP contribution in [0.3, 0.4) is 0 Å². The Morgan fingerprint density at radius 3 is 2.73 bits per heavy atom. The van der Waals surface area contributed by atoms with Crippen LogP contribution in [0.25, 0.3) is 22.6 Å². The quantitative estimate of drug-likeness (QED) is 0.465. The van der Waals surface area contributed by atoms with Gasteiger partial charge in [0.05, 0.1) is 43.5 Å². The molecule has 7 nitrogen and oxygen atoms in total. The molecule has 0 fully saturated rings. The lowest BCUT2D eigenvalue weighted by molar-refractivity contribution is -0.144. The second kappa shape index (κ2) is 8.07. The summed E-state index contributed by atoms with van der Waals surface area (Å²) in [6.07, 6.45) is -6.57. The van der Waals surface area contributed by atoms with Gasteiger partial charge >= 0.3 is 12.1 Å². The van der Waals surface area contributed by atoms with E-state index in [1.54, 1.807) is 0 Å². The molecule has 1 atom stereocenters. The zero-order chi connectivity index (χ0) is 23.1. The number of aromatic nitrogens is 3. The van der Waals surface area contributed by atoms with Gasteiger partial charge in [-0.05, 0) is 19.1 Å². The largest absolute Gasteiger partial charge is 0.465 e. The van der Waals surface area contributed by atoms with Crippen LogP contribution >= 0.6 is 11.6 Å². The minimum Gasteiger partial charge on any atom is -0.465 e. The van der Waals surface area contributed by atoms with Gasteiger partial charge in [-0.25, -0.2) is 9.18 Å². The Morgan fingerprint density at radius 1 is 1.47 bits per heavy atom. The highest BCUT2D eigenvalue weighted by Crippen LogP contribution is 2.42. The second-order valence-electron chi connectivity index (χ2n) is 6.12. The Morgan fingerprint density at radius 2 is 2.17 bits per heavy atom. The standard InChI is InChI=1S/C18H14ClF4N3O4/c1-8(27)7-26-16(18(21,22)23)9(6-24-26)15-13(17(28)29-2)14(25-30-15)12-10(19)4-3-5-11(12)20/h3-6,8,27H,7H2,1-2H3/i8D. The van der Waals surface area contributed by atoms with Gasteiger partial charge in [-0.1, -0.05) is 22.8 Å². The number of carbonyl (C=O) groups excluding carboxylic acids is 1. The summed E-state index contributed by atoms with van der Waals surface area (Å²) in [6, 6.07) is 3.61. The molecular weight excluding hydrogens is 434 g/mol. The van der Waals surface area contributed by atoms with E-state index in [0.717, 1.165) is 26.3 Å². The summed E-state index contributed by atoms with van der Waals surface area (Å²) < 4.78 is 73.3. The fraction of sp³-hybridized carbons (Fsp3) is 0.278. The molecule has 30 heavy (non-hydrogen) atoms. The van der Waals surface area contributed by atoms with Gasteiger partial charge in [0, 0.05) is 0 Å². The number of nitrogens with zero attached hydrogens (tertiary/aromatic N) is 3. The maximum Gasteiger partial charge on any atom is 0.433 e. The van der Waals surface area contributed by atoms with Crippen molar-refractivity contribution in [3.63, 3.8) is 0 Å². The molecule has 0 saturated carbocycles. The van der Waals surface area contributed by atoms with Crippen LogP contribution in [-0.2, 0) is 17.5 Å². The highest BCUT2D eigenvalue weighted by atomic mass is 35.5. The molecule has 2 aromatic heterocycles. The molecule has 0 radical (unpaired) electrons. The second-order valence-corrected chi connectivity index (χ2v) is 6.53. The number of aliphatic hydroxyl groups is 1. The molecular formula is C18H14ClF4N3O4. The molecule has 0 spiro atoms. The van der Waals surface area contributed by atoms with E-state index in [2.05, 4.69) is 15.0 Å². The Labute approximate surface area is 173 Å². The number of ether oxygens (including phenoxy) is 1. The lowest BCUT2D eigenvalue weighted by atomic mass is 10.0. The molecule has 0 aliphatic heterocycles. The number of halogens is 5. The van der Waals surface area contributed by atoms with E-state index in [9.17, 15) is 27.5 Å². The third-order valence-electron chi connectivity index (χ3n) is 4.01. The van der Waals surface area contributed by atoms with E-state index in [-0.39, 0.29) is 10.6 Å². The maximum absolute atomic E-state index is 14.4.